The van der Waals surface area contributed by atoms with Crippen LogP contribution in [0.1, 0.15) is 20.3 Å². The van der Waals surface area contributed by atoms with E-state index in [0.29, 0.717) is 12.6 Å². The standard InChI is InChI=1S/C11H22N2O3/c1-9(2)13-5-3-12(4-6-13)8-10(14)7-11(15)16/h9-10,14H,3-8H2,1-2H3,(H,15,16). The third-order valence-electron chi connectivity index (χ3n) is 3.02. The highest BCUT2D eigenvalue weighted by Gasteiger charge is 2.21. The number of piperazine rings is 1. The van der Waals surface area contributed by atoms with Crippen LogP contribution < -0.4 is 0 Å². The van der Waals surface area contributed by atoms with Crippen molar-refractivity contribution in [3.63, 3.8) is 0 Å². The topological polar surface area (TPSA) is 64.0 Å². The lowest BCUT2D eigenvalue weighted by Gasteiger charge is -2.37. The summed E-state index contributed by atoms with van der Waals surface area (Å²) >= 11 is 0. The molecule has 0 aromatic heterocycles. The molecule has 94 valence electrons. The van der Waals surface area contributed by atoms with E-state index in [2.05, 4.69) is 23.6 Å². The molecule has 0 spiro atoms. The maximum absolute atomic E-state index is 10.4. The fourth-order valence-electron chi connectivity index (χ4n) is 2.03. The molecule has 1 rings (SSSR count). The van der Waals surface area contributed by atoms with Crippen LogP contribution in [-0.2, 0) is 4.79 Å². The third kappa shape index (κ3) is 4.47. The summed E-state index contributed by atoms with van der Waals surface area (Å²) in [7, 11) is 0. The van der Waals surface area contributed by atoms with Gasteiger partial charge in [-0.15, -0.1) is 0 Å². The lowest BCUT2D eigenvalue weighted by Crippen LogP contribution is -2.50. The van der Waals surface area contributed by atoms with Crippen molar-refractivity contribution in [2.24, 2.45) is 0 Å². The second-order valence-electron chi connectivity index (χ2n) is 4.68. The molecule has 0 radical (unpaired) electrons. The minimum Gasteiger partial charge on any atom is -0.481 e. The van der Waals surface area contributed by atoms with E-state index in [-0.39, 0.29) is 6.42 Å². The van der Waals surface area contributed by atoms with Gasteiger partial charge < -0.3 is 10.2 Å². The molecule has 0 amide bonds. The maximum Gasteiger partial charge on any atom is 0.306 e. The molecule has 1 aliphatic heterocycles. The van der Waals surface area contributed by atoms with Gasteiger partial charge in [0.2, 0.25) is 0 Å². The monoisotopic (exact) mass is 230 g/mol. The number of β-amino-alcohol motifs (C(OH)–C–C–N with tert-alkyl or cyclic N) is 1. The van der Waals surface area contributed by atoms with Gasteiger partial charge in [-0.25, -0.2) is 0 Å². The molecular formula is C11H22N2O3. The molecule has 1 saturated heterocycles. The highest BCUT2D eigenvalue weighted by atomic mass is 16.4. The lowest BCUT2D eigenvalue weighted by molar-refractivity contribution is -0.139. The van der Waals surface area contributed by atoms with Gasteiger partial charge in [0.05, 0.1) is 12.5 Å². The predicted octanol–water partition coefficient (Wildman–Crippen LogP) is -0.152. The highest BCUT2D eigenvalue weighted by Crippen LogP contribution is 2.07. The molecule has 0 aromatic carbocycles. The zero-order chi connectivity index (χ0) is 12.1. The van der Waals surface area contributed by atoms with Crippen LogP contribution in [-0.4, -0.2) is 70.9 Å². The van der Waals surface area contributed by atoms with E-state index in [4.69, 9.17) is 5.11 Å². The van der Waals surface area contributed by atoms with Crippen LogP contribution in [0.15, 0.2) is 0 Å². The fraction of sp³-hybridized carbons (Fsp3) is 0.909. The molecule has 1 fully saturated rings. The Morgan fingerprint density at radius 1 is 1.25 bits per heavy atom. The number of aliphatic carboxylic acids is 1. The van der Waals surface area contributed by atoms with Gasteiger partial charge in [0.15, 0.2) is 0 Å². The first kappa shape index (κ1) is 13.4. The molecule has 0 saturated carbocycles. The number of aliphatic hydroxyl groups is 1. The first-order chi connectivity index (χ1) is 7.49. The molecule has 1 unspecified atom stereocenters. The molecule has 0 aromatic rings. The summed E-state index contributed by atoms with van der Waals surface area (Å²) in [6.07, 6.45) is -0.909. The van der Waals surface area contributed by atoms with Gasteiger partial charge in [0, 0.05) is 38.8 Å². The molecule has 5 heteroatoms. The van der Waals surface area contributed by atoms with Crippen LogP contribution in [0.25, 0.3) is 0 Å². The second kappa shape index (κ2) is 6.18. The molecule has 0 aliphatic carbocycles. The van der Waals surface area contributed by atoms with E-state index in [1.807, 2.05) is 0 Å². The van der Waals surface area contributed by atoms with Gasteiger partial charge in [0.25, 0.3) is 0 Å². The number of carbonyl (C=O) groups is 1. The second-order valence-corrected chi connectivity index (χ2v) is 4.68. The van der Waals surface area contributed by atoms with Crippen LogP contribution in [0.5, 0.6) is 0 Å². The molecular weight excluding hydrogens is 208 g/mol. The minimum absolute atomic E-state index is 0.162. The average Bonchev–Trinajstić information content (AvgIpc) is 2.16. The van der Waals surface area contributed by atoms with Crippen molar-refractivity contribution in [2.75, 3.05) is 32.7 Å². The number of rotatable bonds is 5. The average molecular weight is 230 g/mol. The van der Waals surface area contributed by atoms with Gasteiger partial charge >= 0.3 is 5.97 Å². The zero-order valence-electron chi connectivity index (χ0n) is 10.1. The van der Waals surface area contributed by atoms with Gasteiger partial charge in [-0.2, -0.15) is 0 Å². The Bertz CT molecular complexity index is 225. The zero-order valence-corrected chi connectivity index (χ0v) is 10.1. The number of nitrogens with zero attached hydrogens (tertiary/aromatic N) is 2. The van der Waals surface area contributed by atoms with E-state index in [1.54, 1.807) is 0 Å². The quantitative estimate of drug-likeness (QED) is 0.687. The summed E-state index contributed by atoms with van der Waals surface area (Å²) in [4.78, 5) is 14.9. The van der Waals surface area contributed by atoms with Gasteiger partial charge in [-0.1, -0.05) is 0 Å². The van der Waals surface area contributed by atoms with Crippen molar-refractivity contribution in [1.82, 2.24) is 9.80 Å². The molecule has 2 N–H and O–H groups in total. The third-order valence-corrected chi connectivity index (χ3v) is 3.02. The summed E-state index contributed by atoms with van der Waals surface area (Å²) < 4.78 is 0. The number of hydrogen-bond donors (Lipinski definition) is 2. The number of carboxylic acids is 1. The SMILES string of the molecule is CC(C)N1CCN(CC(O)CC(=O)O)CC1. The Morgan fingerprint density at radius 2 is 1.81 bits per heavy atom. The van der Waals surface area contributed by atoms with E-state index < -0.39 is 12.1 Å². The first-order valence-electron chi connectivity index (χ1n) is 5.85. The number of hydrogen-bond acceptors (Lipinski definition) is 4. The Kier molecular flexibility index (Phi) is 5.18. The van der Waals surface area contributed by atoms with Crippen molar-refractivity contribution >= 4 is 5.97 Å². The van der Waals surface area contributed by atoms with Gasteiger partial charge in [0.1, 0.15) is 0 Å². The van der Waals surface area contributed by atoms with Crippen molar-refractivity contribution in [1.29, 1.82) is 0 Å². The molecule has 1 heterocycles. The summed E-state index contributed by atoms with van der Waals surface area (Å²) in [5.41, 5.74) is 0. The summed E-state index contributed by atoms with van der Waals surface area (Å²) in [5.74, 6) is -0.937. The molecule has 1 atom stereocenters. The first-order valence-corrected chi connectivity index (χ1v) is 5.85. The predicted molar refractivity (Wildman–Crippen MR) is 61.4 cm³/mol. The van der Waals surface area contributed by atoms with E-state index in [0.717, 1.165) is 26.2 Å². The summed E-state index contributed by atoms with van der Waals surface area (Å²) in [5, 5.41) is 18.1. The smallest absolute Gasteiger partial charge is 0.306 e. The molecule has 5 nitrogen and oxygen atoms in total. The minimum atomic E-state index is -0.937. The Labute approximate surface area is 96.7 Å². The lowest BCUT2D eigenvalue weighted by atomic mass is 10.2. The largest absolute Gasteiger partial charge is 0.481 e. The Morgan fingerprint density at radius 3 is 2.25 bits per heavy atom. The molecule has 16 heavy (non-hydrogen) atoms. The van der Waals surface area contributed by atoms with Crippen molar-refractivity contribution in [2.45, 2.75) is 32.4 Å². The fourth-order valence-corrected chi connectivity index (χ4v) is 2.03. The van der Waals surface area contributed by atoms with E-state index in [9.17, 15) is 9.90 Å². The summed E-state index contributed by atoms with van der Waals surface area (Å²) in [6.45, 7) is 8.64. The normalized spacial score (nSPS) is 21.2. The number of carboxylic acid groups (broad SMARTS) is 1. The van der Waals surface area contributed by atoms with E-state index in [1.165, 1.54) is 0 Å². The molecule has 1 aliphatic rings. The van der Waals surface area contributed by atoms with Crippen LogP contribution in [0.3, 0.4) is 0 Å². The Hall–Kier alpha value is -0.650. The van der Waals surface area contributed by atoms with Crippen LogP contribution in [0.4, 0.5) is 0 Å². The molecule has 0 bridgehead atoms. The highest BCUT2D eigenvalue weighted by molar-refractivity contribution is 5.67. The van der Waals surface area contributed by atoms with Crippen molar-refractivity contribution in [3.05, 3.63) is 0 Å². The van der Waals surface area contributed by atoms with Crippen LogP contribution >= 0.6 is 0 Å². The van der Waals surface area contributed by atoms with Crippen LogP contribution in [0, 0.1) is 0 Å². The van der Waals surface area contributed by atoms with Gasteiger partial charge in [-0.3, -0.25) is 14.6 Å². The number of aliphatic hydroxyl groups excluding tert-OH is 1. The van der Waals surface area contributed by atoms with Crippen molar-refractivity contribution in [3.8, 4) is 0 Å². The summed E-state index contributed by atoms with van der Waals surface area (Å²) in [6, 6.07) is 0.561. The van der Waals surface area contributed by atoms with Gasteiger partial charge in [-0.05, 0) is 13.8 Å². The maximum atomic E-state index is 10.4. The Balaban J connectivity index is 2.24. The van der Waals surface area contributed by atoms with Crippen LogP contribution in [0.2, 0.25) is 0 Å². The van der Waals surface area contributed by atoms with E-state index >= 15 is 0 Å². The van der Waals surface area contributed by atoms with Crippen molar-refractivity contribution < 1.29 is 15.0 Å².